The van der Waals surface area contributed by atoms with Gasteiger partial charge in [-0.2, -0.15) is 0 Å². The summed E-state index contributed by atoms with van der Waals surface area (Å²) in [5, 5.41) is 0. The third kappa shape index (κ3) is 4.97. The zero-order valence-corrected chi connectivity index (χ0v) is 17.6. The van der Waals surface area contributed by atoms with Gasteiger partial charge in [-0.3, -0.25) is 4.90 Å². The van der Waals surface area contributed by atoms with Crippen molar-refractivity contribution in [2.75, 3.05) is 19.6 Å². The molecule has 26 heavy (non-hydrogen) atoms. The molecule has 0 spiro atoms. The first-order valence-corrected chi connectivity index (χ1v) is 11.1. The van der Waals surface area contributed by atoms with Crippen LogP contribution in [0.2, 0.25) is 0 Å². The fraction of sp³-hybridized carbons (Fsp3) is 0.474. The van der Waals surface area contributed by atoms with Crippen LogP contribution in [0.4, 0.5) is 0 Å². The molecule has 1 aliphatic heterocycles. The van der Waals surface area contributed by atoms with Crippen LogP contribution in [-0.4, -0.2) is 33.0 Å². The van der Waals surface area contributed by atoms with Gasteiger partial charge in [0.2, 0.25) is 10.0 Å². The number of hydrogen-bond acceptors (Lipinski definition) is 4. The molecule has 0 radical (unpaired) electrons. The summed E-state index contributed by atoms with van der Waals surface area (Å²) < 4.78 is 34.0. The summed E-state index contributed by atoms with van der Waals surface area (Å²) in [7, 11) is -3.44. The highest BCUT2D eigenvalue weighted by molar-refractivity contribution is 9.10. The highest BCUT2D eigenvalue weighted by Gasteiger charge is 2.22. The van der Waals surface area contributed by atoms with Crippen molar-refractivity contribution in [2.24, 2.45) is 5.92 Å². The van der Waals surface area contributed by atoms with Crippen molar-refractivity contribution in [2.45, 2.75) is 38.1 Å². The van der Waals surface area contributed by atoms with Gasteiger partial charge >= 0.3 is 0 Å². The average Bonchev–Trinajstić information content (AvgIpc) is 2.92. The fourth-order valence-electron chi connectivity index (χ4n) is 3.35. The molecule has 1 aromatic heterocycles. The second-order valence-electron chi connectivity index (χ2n) is 6.96. The van der Waals surface area contributed by atoms with Crippen LogP contribution in [0.1, 0.15) is 29.9 Å². The number of rotatable bonds is 6. The monoisotopic (exact) mass is 440 g/mol. The minimum absolute atomic E-state index is 0.309. The Kier molecular flexibility index (Phi) is 6.22. The number of nitrogens with one attached hydrogen (secondary N) is 1. The Bertz CT molecular complexity index is 838. The zero-order valence-electron chi connectivity index (χ0n) is 15.2. The second kappa shape index (κ2) is 8.25. The molecule has 0 unspecified atom stereocenters. The number of nitrogens with zero attached hydrogens (tertiary/aromatic N) is 1. The van der Waals surface area contributed by atoms with E-state index in [1.54, 1.807) is 24.3 Å². The van der Waals surface area contributed by atoms with E-state index in [-0.39, 0.29) is 0 Å². The molecule has 1 fully saturated rings. The maximum atomic E-state index is 12.4. The zero-order chi connectivity index (χ0) is 18.7. The highest BCUT2D eigenvalue weighted by atomic mass is 79.9. The number of piperidine rings is 1. The molecule has 7 heteroatoms. The molecule has 1 saturated heterocycles. The molecule has 5 nitrogen and oxygen atoms in total. The Balaban J connectivity index is 1.48. The summed E-state index contributed by atoms with van der Waals surface area (Å²) in [6.07, 6.45) is 2.00. The Morgan fingerprint density at radius 3 is 2.42 bits per heavy atom. The lowest BCUT2D eigenvalue weighted by atomic mass is 9.97. The van der Waals surface area contributed by atoms with E-state index < -0.39 is 10.0 Å². The molecule has 3 rings (SSSR count). The van der Waals surface area contributed by atoms with Crippen LogP contribution in [0.15, 0.2) is 44.1 Å². The molecule has 1 aliphatic rings. The third-order valence-corrected chi connectivity index (χ3v) is 6.90. The van der Waals surface area contributed by atoms with Gasteiger partial charge in [0.25, 0.3) is 0 Å². The van der Waals surface area contributed by atoms with Crippen molar-refractivity contribution in [3.8, 4) is 0 Å². The van der Waals surface area contributed by atoms with Crippen molar-refractivity contribution in [3.05, 3.63) is 51.9 Å². The van der Waals surface area contributed by atoms with E-state index >= 15 is 0 Å². The van der Waals surface area contributed by atoms with Crippen LogP contribution in [0.5, 0.6) is 0 Å². The van der Waals surface area contributed by atoms with Crippen molar-refractivity contribution in [1.29, 1.82) is 0 Å². The summed E-state index contributed by atoms with van der Waals surface area (Å²) in [6, 6.07) is 8.82. The quantitative estimate of drug-likeness (QED) is 0.740. The van der Waals surface area contributed by atoms with Crippen LogP contribution in [0.3, 0.4) is 0 Å². The van der Waals surface area contributed by atoms with E-state index in [1.807, 2.05) is 13.8 Å². The number of hydrogen-bond donors (Lipinski definition) is 1. The van der Waals surface area contributed by atoms with Gasteiger partial charge in [0.15, 0.2) is 0 Å². The Morgan fingerprint density at radius 2 is 1.85 bits per heavy atom. The van der Waals surface area contributed by atoms with Crippen LogP contribution in [-0.2, 0) is 16.6 Å². The van der Waals surface area contributed by atoms with Crippen LogP contribution in [0.25, 0.3) is 0 Å². The first-order chi connectivity index (χ1) is 12.3. The first-order valence-electron chi connectivity index (χ1n) is 8.87. The van der Waals surface area contributed by atoms with E-state index in [0.29, 0.717) is 17.4 Å². The summed E-state index contributed by atoms with van der Waals surface area (Å²) in [5.41, 5.74) is 1.25. The summed E-state index contributed by atoms with van der Waals surface area (Å²) in [5.74, 6) is 2.32. The number of likely N-dealkylation sites (tertiary alicyclic amines) is 1. The summed E-state index contributed by atoms with van der Waals surface area (Å²) in [6.45, 7) is 7.34. The Labute approximate surface area is 163 Å². The van der Waals surface area contributed by atoms with Gasteiger partial charge in [0.05, 0.1) is 4.90 Å². The van der Waals surface area contributed by atoms with Gasteiger partial charge in [-0.25, -0.2) is 13.1 Å². The number of benzene rings is 1. The number of halogens is 1. The molecule has 0 aliphatic carbocycles. The predicted octanol–water partition coefficient (Wildman–Crippen LogP) is 3.85. The molecule has 0 atom stereocenters. The molecule has 0 amide bonds. The van der Waals surface area contributed by atoms with E-state index in [1.165, 1.54) is 5.56 Å². The average molecular weight is 441 g/mol. The maximum absolute atomic E-state index is 12.4. The largest absolute Gasteiger partial charge is 0.466 e. The van der Waals surface area contributed by atoms with Crippen molar-refractivity contribution in [3.63, 3.8) is 0 Å². The van der Waals surface area contributed by atoms with Gasteiger partial charge in [0.1, 0.15) is 11.5 Å². The molecule has 142 valence electrons. The Hall–Kier alpha value is -1.15. The van der Waals surface area contributed by atoms with Gasteiger partial charge in [-0.15, -0.1) is 0 Å². The molecule has 0 bridgehead atoms. The SMILES string of the molecule is Cc1cc(CN2CCC(CNS(=O)(=O)c3ccc(Br)cc3)CC2)c(C)o1. The maximum Gasteiger partial charge on any atom is 0.240 e. The minimum Gasteiger partial charge on any atom is -0.466 e. The minimum atomic E-state index is -3.44. The molecule has 2 heterocycles. The highest BCUT2D eigenvalue weighted by Crippen LogP contribution is 2.22. The van der Waals surface area contributed by atoms with Gasteiger partial charge in [-0.05, 0) is 76.0 Å². The number of aryl methyl sites for hydroxylation is 2. The number of furan rings is 1. The molecular weight excluding hydrogens is 416 g/mol. The molecular formula is C19H25BrN2O3S. The molecule has 2 aromatic rings. The van der Waals surface area contributed by atoms with Crippen molar-refractivity contribution < 1.29 is 12.8 Å². The van der Waals surface area contributed by atoms with Crippen LogP contribution >= 0.6 is 15.9 Å². The molecule has 1 aromatic carbocycles. The van der Waals surface area contributed by atoms with Gasteiger partial charge < -0.3 is 4.42 Å². The Morgan fingerprint density at radius 1 is 1.19 bits per heavy atom. The van der Waals surface area contributed by atoms with Crippen LogP contribution in [0, 0.1) is 19.8 Å². The van der Waals surface area contributed by atoms with E-state index in [2.05, 4.69) is 31.6 Å². The van der Waals surface area contributed by atoms with Gasteiger partial charge in [0, 0.05) is 23.1 Å². The summed E-state index contributed by atoms with van der Waals surface area (Å²) in [4.78, 5) is 2.72. The van der Waals surface area contributed by atoms with E-state index in [4.69, 9.17) is 4.42 Å². The lowest BCUT2D eigenvalue weighted by Crippen LogP contribution is -2.38. The van der Waals surface area contributed by atoms with Gasteiger partial charge in [-0.1, -0.05) is 15.9 Å². The van der Waals surface area contributed by atoms with Crippen molar-refractivity contribution in [1.82, 2.24) is 9.62 Å². The van der Waals surface area contributed by atoms with E-state index in [9.17, 15) is 8.42 Å². The first kappa shape index (κ1) is 19.6. The molecule has 0 saturated carbocycles. The van der Waals surface area contributed by atoms with Crippen molar-refractivity contribution >= 4 is 26.0 Å². The summed E-state index contributed by atoms with van der Waals surface area (Å²) >= 11 is 3.32. The van der Waals surface area contributed by atoms with Crippen LogP contribution < -0.4 is 4.72 Å². The number of sulfonamides is 1. The third-order valence-electron chi connectivity index (χ3n) is 4.93. The topological polar surface area (TPSA) is 62.6 Å². The predicted molar refractivity (Wildman–Crippen MR) is 106 cm³/mol. The smallest absolute Gasteiger partial charge is 0.240 e. The second-order valence-corrected chi connectivity index (χ2v) is 9.65. The molecule has 1 N–H and O–H groups in total. The normalized spacial score (nSPS) is 16.9. The lowest BCUT2D eigenvalue weighted by molar-refractivity contribution is 0.178. The standard InChI is InChI=1S/C19H25BrN2O3S/c1-14-11-17(15(2)25-14)13-22-9-7-16(8-10-22)12-21-26(23,24)19-5-3-18(20)4-6-19/h3-6,11,16,21H,7-10,12-13H2,1-2H3. The lowest BCUT2D eigenvalue weighted by Gasteiger charge is -2.31. The fourth-order valence-corrected chi connectivity index (χ4v) is 4.74. The van der Waals surface area contributed by atoms with E-state index in [0.717, 1.165) is 48.5 Å².